The number of fused-ring (bicyclic) bond motifs is 1. The Kier molecular flexibility index (Phi) is 4.58. The van der Waals surface area contributed by atoms with Crippen LogP contribution in [0.25, 0.3) is 11.3 Å². The number of nitrogens with zero attached hydrogens (tertiary/aromatic N) is 3. The number of aromatic nitrogens is 1. The summed E-state index contributed by atoms with van der Waals surface area (Å²) < 4.78 is 14.6. The van der Waals surface area contributed by atoms with E-state index in [-0.39, 0.29) is 22.8 Å². The molecule has 2 fully saturated rings. The molecule has 3 aliphatic rings. The van der Waals surface area contributed by atoms with Crippen LogP contribution in [0, 0.1) is 5.82 Å². The average molecular weight is 408 g/mol. The third-order valence-electron chi connectivity index (χ3n) is 6.70. The summed E-state index contributed by atoms with van der Waals surface area (Å²) in [4.78, 5) is 25.0. The molecule has 0 atom stereocenters. The smallest absolute Gasteiger partial charge is 0.255 e. The van der Waals surface area contributed by atoms with Gasteiger partial charge < -0.3 is 15.3 Å². The van der Waals surface area contributed by atoms with Crippen LogP contribution < -0.4 is 5.32 Å². The fourth-order valence-electron chi connectivity index (χ4n) is 5.19. The van der Waals surface area contributed by atoms with Gasteiger partial charge in [-0.1, -0.05) is 12.8 Å². The normalized spacial score (nSPS) is 19.8. The molecule has 6 nitrogen and oxygen atoms in total. The minimum absolute atomic E-state index is 0.0195. The number of phenolic OH excluding ortho intramolecular Hbond substituents is 1. The Morgan fingerprint density at radius 2 is 2.07 bits per heavy atom. The second kappa shape index (κ2) is 7.16. The molecular formula is C23H25FN4O2. The van der Waals surface area contributed by atoms with E-state index in [1.807, 2.05) is 11.8 Å². The number of rotatable bonds is 2. The van der Waals surface area contributed by atoms with E-state index < -0.39 is 5.82 Å². The van der Waals surface area contributed by atoms with E-state index in [4.69, 9.17) is 0 Å². The molecule has 5 rings (SSSR count). The Morgan fingerprint density at radius 3 is 2.83 bits per heavy atom. The molecule has 1 saturated heterocycles. The van der Waals surface area contributed by atoms with Crippen molar-refractivity contribution in [3.63, 3.8) is 0 Å². The van der Waals surface area contributed by atoms with Crippen LogP contribution >= 0.6 is 0 Å². The van der Waals surface area contributed by atoms with Crippen LogP contribution in [0.15, 0.2) is 29.3 Å². The second-order valence-electron chi connectivity index (χ2n) is 8.51. The van der Waals surface area contributed by atoms with E-state index in [9.17, 15) is 14.3 Å². The quantitative estimate of drug-likeness (QED) is 0.800. The minimum atomic E-state index is -0.564. The highest BCUT2D eigenvalue weighted by molar-refractivity contribution is 6.12. The van der Waals surface area contributed by atoms with Crippen molar-refractivity contribution in [1.29, 1.82) is 0 Å². The highest BCUT2D eigenvalue weighted by Gasteiger charge is 2.44. The molecule has 1 amide bonds. The van der Waals surface area contributed by atoms with Gasteiger partial charge in [-0.2, -0.15) is 0 Å². The van der Waals surface area contributed by atoms with Crippen molar-refractivity contribution >= 4 is 11.6 Å². The molecule has 0 unspecified atom stereocenters. The highest BCUT2D eigenvalue weighted by Crippen LogP contribution is 2.38. The van der Waals surface area contributed by atoms with Crippen molar-refractivity contribution in [3.8, 4) is 17.0 Å². The number of nitrogens with one attached hydrogen (secondary N) is 1. The molecule has 1 aliphatic carbocycles. The SMILES string of the molecule is CC1=NCc2nc(-c3ccc(O)cc3F)cc(C(=O)N3CCNCC34CCCC4)c21. The van der Waals surface area contributed by atoms with E-state index in [1.165, 1.54) is 12.1 Å². The Balaban J connectivity index is 1.62. The number of carbonyl (C=O) groups excluding carboxylic acids is 1. The molecule has 1 saturated carbocycles. The fourth-order valence-corrected chi connectivity index (χ4v) is 5.19. The largest absolute Gasteiger partial charge is 0.508 e. The number of halogens is 1. The lowest BCUT2D eigenvalue weighted by atomic mass is 9.90. The van der Waals surface area contributed by atoms with Gasteiger partial charge in [-0.15, -0.1) is 0 Å². The van der Waals surface area contributed by atoms with E-state index in [1.54, 1.807) is 6.07 Å². The molecule has 3 heterocycles. The lowest BCUT2D eigenvalue weighted by Gasteiger charge is -2.45. The first-order valence-corrected chi connectivity index (χ1v) is 10.6. The van der Waals surface area contributed by atoms with E-state index in [0.29, 0.717) is 30.0 Å². The molecule has 1 spiro atoms. The van der Waals surface area contributed by atoms with Crippen LogP contribution in [0.1, 0.15) is 54.2 Å². The van der Waals surface area contributed by atoms with Crippen molar-refractivity contribution < 1.29 is 14.3 Å². The van der Waals surface area contributed by atoms with Crippen LogP contribution in [0.4, 0.5) is 4.39 Å². The molecule has 2 N–H and O–H groups in total. The Labute approximate surface area is 174 Å². The van der Waals surface area contributed by atoms with Crippen molar-refractivity contribution in [2.24, 2.45) is 4.99 Å². The molecule has 2 aliphatic heterocycles. The summed E-state index contributed by atoms with van der Waals surface area (Å²) in [6, 6.07) is 5.70. The zero-order valence-corrected chi connectivity index (χ0v) is 17.0. The Morgan fingerprint density at radius 1 is 1.27 bits per heavy atom. The number of hydrogen-bond acceptors (Lipinski definition) is 5. The van der Waals surface area contributed by atoms with Gasteiger partial charge in [-0.25, -0.2) is 9.37 Å². The molecule has 1 aromatic heterocycles. The van der Waals surface area contributed by atoms with Crippen molar-refractivity contribution in [3.05, 3.63) is 46.9 Å². The summed E-state index contributed by atoms with van der Waals surface area (Å²) in [7, 11) is 0. The molecular weight excluding hydrogens is 383 g/mol. The zero-order valence-electron chi connectivity index (χ0n) is 17.0. The van der Waals surface area contributed by atoms with Gasteiger partial charge in [0.1, 0.15) is 11.6 Å². The van der Waals surface area contributed by atoms with Gasteiger partial charge in [-0.3, -0.25) is 9.79 Å². The van der Waals surface area contributed by atoms with Gasteiger partial charge in [0.05, 0.1) is 29.0 Å². The van der Waals surface area contributed by atoms with E-state index >= 15 is 0 Å². The number of benzene rings is 1. The number of phenols is 1. The predicted octanol–water partition coefficient (Wildman–Crippen LogP) is 3.27. The first-order valence-electron chi connectivity index (χ1n) is 10.6. The average Bonchev–Trinajstić information content (AvgIpc) is 3.34. The highest BCUT2D eigenvalue weighted by atomic mass is 19.1. The lowest BCUT2D eigenvalue weighted by molar-refractivity contribution is 0.0390. The van der Waals surface area contributed by atoms with Crippen LogP contribution in [0.2, 0.25) is 0 Å². The Bertz CT molecular complexity index is 1060. The van der Waals surface area contributed by atoms with Crippen LogP contribution in [-0.4, -0.2) is 51.8 Å². The minimum Gasteiger partial charge on any atom is -0.508 e. The van der Waals surface area contributed by atoms with Gasteiger partial charge >= 0.3 is 0 Å². The van der Waals surface area contributed by atoms with E-state index in [2.05, 4.69) is 15.3 Å². The number of aliphatic imine (C=N–C) groups is 1. The molecule has 7 heteroatoms. The van der Waals surface area contributed by atoms with Gasteiger partial charge in [0.2, 0.25) is 0 Å². The number of amides is 1. The number of piperazine rings is 1. The third kappa shape index (κ3) is 2.99. The number of pyridine rings is 1. The molecule has 0 radical (unpaired) electrons. The standard InChI is InChI=1S/C23H25FN4O2/c1-14-21-17(22(30)28-9-8-25-13-23(28)6-2-3-7-23)11-19(27-20(21)12-26-14)16-5-4-15(29)10-18(16)24/h4-5,10-11,25,29H,2-3,6-9,12-13H2,1H3. The Hall–Kier alpha value is -2.80. The maximum atomic E-state index is 14.6. The summed E-state index contributed by atoms with van der Waals surface area (Å²) in [6.45, 7) is 4.54. The van der Waals surface area contributed by atoms with Crippen molar-refractivity contribution in [2.45, 2.75) is 44.7 Å². The molecule has 2 aromatic rings. The van der Waals surface area contributed by atoms with Gasteiger partial charge in [0.15, 0.2) is 0 Å². The maximum Gasteiger partial charge on any atom is 0.255 e. The number of carbonyl (C=O) groups is 1. The van der Waals surface area contributed by atoms with Gasteiger partial charge in [-0.05, 0) is 38.0 Å². The predicted molar refractivity (Wildman–Crippen MR) is 112 cm³/mol. The number of aromatic hydroxyl groups is 1. The fraction of sp³-hybridized carbons (Fsp3) is 0.435. The lowest BCUT2D eigenvalue weighted by Crippen LogP contribution is -2.61. The topological polar surface area (TPSA) is 77.8 Å². The molecule has 156 valence electrons. The number of hydrogen-bond donors (Lipinski definition) is 2. The molecule has 0 bridgehead atoms. The first kappa shape index (κ1) is 19.2. The molecule has 1 aromatic carbocycles. The van der Waals surface area contributed by atoms with Gasteiger partial charge in [0.25, 0.3) is 5.91 Å². The summed E-state index contributed by atoms with van der Waals surface area (Å²) in [6.07, 6.45) is 4.27. The summed E-state index contributed by atoms with van der Waals surface area (Å²) >= 11 is 0. The van der Waals surface area contributed by atoms with Crippen molar-refractivity contribution in [2.75, 3.05) is 19.6 Å². The van der Waals surface area contributed by atoms with Crippen molar-refractivity contribution in [1.82, 2.24) is 15.2 Å². The zero-order chi connectivity index (χ0) is 20.9. The summed E-state index contributed by atoms with van der Waals surface area (Å²) in [5, 5.41) is 13.0. The third-order valence-corrected chi connectivity index (χ3v) is 6.70. The van der Waals surface area contributed by atoms with Crippen LogP contribution in [0.5, 0.6) is 5.75 Å². The van der Waals surface area contributed by atoms with Crippen LogP contribution in [-0.2, 0) is 6.54 Å². The van der Waals surface area contributed by atoms with Crippen LogP contribution in [0.3, 0.4) is 0 Å². The molecule has 30 heavy (non-hydrogen) atoms. The summed E-state index contributed by atoms with van der Waals surface area (Å²) in [5.74, 6) is -0.725. The second-order valence-corrected chi connectivity index (χ2v) is 8.51. The van der Waals surface area contributed by atoms with E-state index in [0.717, 1.165) is 56.1 Å². The monoisotopic (exact) mass is 408 g/mol. The maximum absolute atomic E-state index is 14.6. The summed E-state index contributed by atoms with van der Waals surface area (Å²) in [5.41, 5.74) is 3.37. The van der Waals surface area contributed by atoms with Gasteiger partial charge in [0, 0.05) is 42.5 Å². The first-order chi connectivity index (χ1) is 14.5.